The topological polar surface area (TPSA) is 51.2 Å². The van der Waals surface area contributed by atoms with Crippen molar-refractivity contribution < 1.29 is 27.8 Å². The van der Waals surface area contributed by atoms with Crippen molar-refractivity contribution in [2.75, 3.05) is 41.0 Å². The Morgan fingerprint density at radius 1 is 1.00 bits per heavy atom. The van der Waals surface area contributed by atoms with Crippen LogP contribution in [-0.4, -0.2) is 68.8 Å². The zero-order chi connectivity index (χ0) is 29.5. The van der Waals surface area contributed by atoms with Gasteiger partial charge in [0.25, 0.3) is 5.91 Å². The highest BCUT2D eigenvalue weighted by atomic mass is 19.1. The summed E-state index contributed by atoms with van der Waals surface area (Å²) in [5.41, 5.74) is 1.50. The summed E-state index contributed by atoms with van der Waals surface area (Å²) in [6.07, 6.45) is 10.2. The van der Waals surface area contributed by atoms with Crippen LogP contribution in [0, 0.1) is 17.6 Å². The number of hydrogen-bond donors (Lipinski definition) is 0. The van der Waals surface area contributed by atoms with E-state index in [1.54, 1.807) is 18.2 Å². The SMILES string of the molecule is COc1cc(C(=O)N(C/C(C)=C/c2ccc(F)cc2F)C[C@@H]2CCCN2[C@@H](C)C2CCCCC2)cc(OC)c1OC. The minimum Gasteiger partial charge on any atom is -0.493 e. The molecule has 224 valence electrons. The molecule has 1 aliphatic heterocycles. The Morgan fingerprint density at radius 3 is 2.29 bits per heavy atom. The van der Waals surface area contributed by atoms with Crippen LogP contribution in [0.4, 0.5) is 8.78 Å². The Morgan fingerprint density at radius 2 is 1.68 bits per heavy atom. The molecule has 6 nitrogen and oxygen atoms in total. The summed E-state index contributed by atoms with van der Waals surface area (Å²) in [6, 6.07) is 7.58. The first-order valence-electron chi connectivity index (χ1n) is 14.7. The van der Waals surface area contributed by atoms with Crippen LogP contribution < -0.4 is 14.2 Å². The van der Waals surface area contributed by atoms with Crippen molar-refractivity contribution in [3.8, 4) is 17.2 Å². The first-order valence-corrected chi connectivity index (χ1v) is 14.7. The molecule has 1 heterocycles. The normalized spacial score (nSPS) is 19.2. The van der Waals surface area contributed by atoms with Crippen molar-refractivity contribution in [2.24, 2.45) is 5.92 Å². The Bertz CT molecular complexity index is 1200. The molecule has 0 N–H and O–H groups in total. The lowest BCUT2D eigenvalue weighted by Crippen LogP contribution is -2.48. The number of likely N-dealkylation sites (tertiary alicyclic amines) is 1. The molecule has 1 aliphatic carbocycles. The molecule has 41 heavy (non-hydrogen) atoms. The molecular formula is C33H44F2N2O4. The number of amides is 1. The second-order valence-corrected chi connectivity index (χ2v) is 11.4. The van der Waals surface area contributed by atoms with Crippen LogP contribution in [-0.2, 0) is 0 Å². The van der Waals surface area contributed by atoms with Crippen LogP contribution in [0.5, 0.6) is 17.2 Å². The molecule has 0 radical (unpaired) electrons. The fourth-order valence-electron chi connectivity index (χ4n) is 6.57. The third-order valence-electron chi connectivity index (χ3n) is 8.71. The maximum Gasteiger partial charge on any atom is 0.254 e. The van der Waals surface area contributed by atoms with E-state index in [9.17, 15) is 13.6 Å². The summed E-state index contributed by atoms with van der Waals surface area (Å²) in [5, 5.41) is 0. The highest BCUT2D eigenvalue weighted by Crippen LogP contribution is 2.39. The number of halogens is 2. The van der Waals surface area contributed by atoms with E-state index in [-0.39, 0.29) is 17.5 Å². The van der Waals surface area contributed by atoms with Gasteiger partial charge in [0.05, 0.1) is 21.3 Å². The number of benzene rings is 2. The molecule has 8 heteroatoms. The van der Waals surface area contributed by atoms with Gasteiger partial charge >= 0.3 is 0 Å². The molecular weight excluding hydrogens is 526 g/mol. The molecule has 0 unspecified atom stereocenters. The summed E-state index contributed by atoms with van der Waals surface area (Å²) in [6.45, 7) is 6.10. The van der Waals surface area contributed by atoms with E-state index in [0.717, 1.165) is 31.0 Å². The maximum atomic E-state index is 14.4. The third kappa shape index (κ3) is 7.39. The molecule has 1 saturated heterocycles. The van der Waals surface area contributed by atoms with Crippen molar-refractivity contribution in [3.05, 3.63) is 58.7 Å². The minimum atomic E-state index is -0.630. The summed E-state index contributed by atoms with van der Waals surface area (Å²) >= 11 is 0. The average Bonchev–Trinajstić information content (AvgIpc) is 3.45. The van der Waals surface area contributed by atoms with Crippen molar-refractivity contribution in [1.82, 2.24) is 9.80 Å². The molecule has 2 aliphatic rings. The zero-order valence-corrected chi connectivity index (χ0v) is 25.1. The van der Waals surface area contributed by atoms with Gasteiger partial charge in [0.15, 0.2) is 11.5 Å². The van der Waals surface area contributed by atoms with Gasteiger partial charge < -0.3 is 19.1 Å². The lowest BCUT2D eigenvalue weighted by atomic mass is 9.83. The average molecular weight is 571 g/mol. The maximum absolute atomic E-state index is 14.4. The van der Waals surface area contributed by atoms with Crippen molar-refractivity contribution in [1.29, 1.82) is 0 Å². The lowest BCUT2D eigenvalue weighted by molar-refractivity contribution is 0.0645. The van der Waals surface area contributed by atoms with Crippen LogP contribution >= 0.6 is 0 Å². The van der Waals surface area contributed by atoms with Gasteiger partial charge in [-0.15, -0.1) is 0 Å². The van der Waals surface area contributed by atoms with Gasteiger partial charge in [-0.05, 0) is 76.3 Å². The number of nitrogens with zero attached hydrogens (tertiary/aromatic N) is 2. The van der Waals surface area contributed by atoms with E-state index in [0.29, 0.717) is 47.9 Å². The lowest BCUT2D eigenvalue weighted by Gasteiger charge is -2.39. The highest BCUT2D eigenvalue weighted by Gasteiger charge is 2.35. The molecule has 4 rings (SSSR count). The van der Waals surface area contributed by atoms with Crippen molar-refractivity contribution in [2.45, 2.75) is 70.9 Å². The molecule has 2 atom stereocenters. The number of carbonyl (C=O) groups is 1. The standard InChI is InChI=1S/C33H44F2N2O4/c1-22(16-25-13-14-27(34)19-29(25)35)20-36(33(38)26-17-30(39-3)32(41-5)31(18-26)40-4)21-28-12-9-15-37(28)23(2)24-10-7-6-8-11-24/h13-14,16-19,23-24,28H,6-12,15,20-21H2,1-5H3/b22-16+/t23-,28-/m0/s1. The van der Waals surface area contributed by atoms with E-state index in [1.165, 1.54) is 65.6 Å². The van der Waals surface area contributed by atoms with Gasteiger partial charge in [-0.3, -0.25) is 9.69 Å². The molecule has 1 amide bonds. The van der Waals surface area contributed by atoms with Crippen LogP contribution in [0.1, 0.15) is 74.7 Å². The Hall–Kier alpha value is -3.13. The van der Waals surface area contributed by atoms with E-state index < -0.39 is 11.6 Å². The fourth-order valence-corrected chi connectivity index (χ4v) is 6.57. The summed E-state index contributed by atoms with van der Waals surface area (Å²) in [4.78, 5) is 18.6. The number of ether oxygens (including phenoxy) is 3. The van der Waals surface area contributed by atoms with E-state index in [2.05, 4.69) is 11.8 Å². The first-order chi connectivity index (χ1) is 19.7. The molecule has 0 spiro atoms. The summed E-state index contributed by atoms with van der Waals surface area (Å²) in [7, 11) is 4.58. The summed E-state index contributed by atoms with van der Waals surface area (Å²) < 4.78 is 44.4. The van der Waals surface area contributed by atoms with Crippen LogP contribution in [0.15, 0.2) is 35.9 Å². The predicted octanol–water partition coefficient (Wildman–Crippen LogP) is 6.97. The van der Waals surface area contributed by atoms with Crippen LogP contribution in [0.2, 0.25) is 0 Å². The Balaban J connectivity index is 1.64. The second kappa shape index (κ2) is 14.2. The highest BCUT2D eigenvalue weighted by molar-refractivity contribution is 5.96. The number of hydrogen-bond acceptors (Lipinski definition) is 5. The fraction of sp³-hybridized carbons (Fsp3) is 0.545. The van der Waals surface area contributed by atoms with Gasteiger partial charge in [-0.1, -0.05) is 30.9 Å². The van der Waals surface area contributed by atoms with Gasteiger partial charge in [0.2, 0.25) is 5.75 Å². The monoisotopic (exact) mass is 570 g/mol. The summed E-state index contributed by atoms with van der Waals surface area (Å²) in [5.74, 6) is 0.498. The molecule has 0 bridgehead atoms. The number of carbonyl (C=O) groups excluding carboxylic acids is 1. The molecule has 2 aromatic carbocycles. The van der Waals surface area contributed by atoms with Crippen molar-refractivity contribution in [3.63, 3.8) is 0 Å². The second-order valence-electron chi connectivity index (χ2n) is 11.4. The minimum absolute atomic E-state index is 0.172. The predicted molar refractivity (Wildman–Crippen MR) is 158 cm³/mol. The van der Waals surface area contributed by atoms with Gasteiger partial charge in [-0.2, -0.15) is 0 Å². The number of rotatable bonds is 11. The zero-order valence-electron chi connectivity index (χ0n) is 25.1. The number of methoxy groups -OCH3 is 3. The smallest absolute Gasteiger partial charge is 0.254 e. The molecule has 0 aromatic heterocycles. The Labute approximate surface area is 243 Å². The largest absolute Gasteiger partial charge is 0.493 e. The quantitative estimate of drug-likeness (QED) is 0.292. The Kier molecular flexibility index (Phi) is 10.6. The van der Waals surface area contributed by atoms with Gasteiger partial charge in [0, 0.05) is 42.4 Å². The van der Waals surface area contributed by atoms with Crippen LogP contribution in [0.25, 0.3) is 6.08 Å². The van der Waals surface area contributed by atoms with E-state index >= 15 is 0 Å². The van der Waals surface area contributed by atoms with Crippen LogP contribution in [0.3, 0.4) is 0 Å². The van der Waals surface area contributed by atoms with Gasteiger partial charge in [0.1, 0.15) is 11.6 Å². The molecule has 2 fully saturated rings. The van der Waals surface area contributed by atoms with E-state index in [4.69, 9.17) is 14.2 Å². The molecule has 2 aromatic rings. The van der Waals surface area contributed by atoms with Gasteiger partial charge in [-0.25, -0.2) is 8.78 Å². The third-order valence-corrected chi connectivity index (χ3v) is 8.71. The van der Waals surface area contributed by atoms with E-state index in [1.807, 2.05) is 11.8 Å². The molecule has 1 saturated carbocycles. The first kappa shape index (κ1) is 30.8. The van der Waals surface area contributed by atoms with Crippen molar-refractivity contribution >= 4 is 12.0 Å².